The Balaban J connectivity index is 1.73. The van der Waals surface area contributed by atoms with Gasteiger partial charge in [0.2, 0.25) is 10.0 Å². The number of hydrogen-bond donors (Lipinski definition) is 2. The van der Waals surface area contributed by atoms with Gasteiger partial charge in [-0.15, -0.1) is 11.3 Å². The van der Waals surface area contributed by atoms with E-state index >= 15 is 0 Å². The van der Waals surface area contributed by atoms with Gasteiger partial charge in [-0.2, -0.15) is 0 Å². The molecular weight excluding hydrogens is 304 g/mol. The van der Waals surface area contributed by atoms with Crippen LogP contribution in [0.3, 0.4) is 0 Å². The molecule has 1 heterocycles. The van der Waals surface area contributed by atoms with Gasteiger partial charge in [0.25, 0.3) is 0 Å². The van der Waals surface area contributed by atoms with Gasteiger partial charge in [-0.3, -0.25) is 0 Å². The molecule has 0 aliphatic heterocycles. The van der Waals surface area contributed by atoms with E-state index in [0.717, 1.165) is 24.1 Å². The van der Waals surface area contributed by atoms with E-state index in [0.29, 0.717) is 17.5 Å². The van der Waals surface area contributed by atoms with Crippen molar-refractivity contribution in [2.75, 3.05) is 0 Å². The van der Waals surface area contributed by atoms with Crippen molar-refractivity contribution < 1.29 is 8.42 Å². The van der Waals surface area contributed by atoms with E-state index in [2.05, 4.69) is 23.9 Å². The fraction of sp³-hybridized carbons (Fsp3) is 0.733. The molecule has 1 aromatic rings. The first-order valence-corrected chi connectivity index (χ1v) is 10.1. The van der Waals surface area contributed by atoms with Gasteiger partial charge in [0.15, 0.2) is 0 Å². The van der Waals surface area contributed by atoms with Gasteiger partial charge in [0.05, 0.1) is 4.90 Å². The summed E-state index contributed by atoms with van der Waals surface area (Å²) in [5, 5.41) is 5.27. The highest BCUT2D eigenvalue weighted by molar-refractivity contribution is 7.89. The van der Waals surface area contributed by atoms with E-state index < -0.39 is 10.0 Å². The molecule has 2 N–H and O–H groups in total. The lowest BCUT2D eigenvalue weighted by atomic mass is 9.88. The number of hydrogen-bond acceptors (Lipinski definition) is 4. The van der Waals surface area contributed by atoms with E-state index in [9.17, 15) is 8.42 Å². The molecule has 118 valence electrons. The third-order valence-corrected chi connectivity index (χ3v) is 7.28. The summed E-state index contributed by atoms with van der Waals surface area (Å²) in [6.07, 6.45) is 5.54. The molecule has 1 aromatic heterocycles. The Kier molecular flexibility index (Phi) is 4.16. The van der Waals surface area contributed by atoms with Crippen molar-refractivity contribution in [3.05, 3.63) is 16.3 Å². The van der Waals surface area contributed by atoms with Crippen molar-refractivity contribution in [1.82, 2.24) is 10.0 Å². The van der Waals surface area contributed by atoms with Crippen molar-refractivity contribution in [3.63, 3.8) is 0 Å². The van der Waals surface area contributed by atoms with Gasteiger partial charge < -0.3 is 5.32 Å². The molecule has 21 heavy (non-hydrogen) atoms. The molecule has 0 spiro atoms. The molecule has 1 atom stereocenters. The summed E-state index contributed by atoms with van der Waals surface area (Å²) >= 11 is 1.52. The zero-order valence-electron chi connectivity index (χ0n) is 12.7. The van der Waals surface area contributed by atoms with Crippen LogP contribution < -0.4 is 10.0 Å². The average molecular weight is 329 g/mol. The lowest BCUT2D eigenvalue weighted by Gasteiger charge is -2.27. The Morgan fingerprint density at radius 2 is 2.10 bits per heavy atom. The summed E-state index contributed by atoms with van der Waals surface area (Å²) in [6, 6.07) is 2.37. The SMILES string of the molecule is CC1(C)CCCC1NS(=O)(=O)c1ccsc1CNC1CC1. The highest BCUT2D eigenvalue weighted by atomic mass is 32.2. The maximum absolute atomic E-state index is 12.7. The topological polar surface area (TPSA) is 58.2 Å². The third-order valence-electron chi connectivity index (χ3n) is 4.68. The molecule has 1 unspecified atom stereocenters. The van der Waals surface area contributed by atoms with E-state index in [1.807, 2.05) is 5.38 Å². The van der Waals surface area contributed by atoms with Gasteiger partial charge in [0, 0.05) is 23.5 Å². The minimum atomic E-state index is -3.41. The van der Waals surface area contributed by atoms with Gasteiger partial charge in [-0.05, 0) is 42.5 Å². The molecule has 4 nitrogen and oxygen atoms in total. The summed E-state index contributed by atoms with van der Waals surface area (Å²) in [7, 11) is -3.41. The van der Waals surface area contributed by atoms with Gasteiger partial charge in [0.1, 0.15) is 0 Å². The molecule has 0 amide bonds. The number of thiophene rings is 1. The first kappa shape index (κ1) is 15.5. The largest absolute Gasteiger partial charge is 0.309 e. The second kappa shape index (κ2) is 5.65. The molecule has 2 fully saturated rings. The van der Waals surface area contributed by atoms with Crippen LogP contribution in [0.2, 0.25) is 0 Å². The molecular formula is C15H24N2O2S2. The second-order valence-electron chi connectivity index (χ2n) is 6.92. The third kappa shape index (κ3) is 3.50. The van der Waals surface area contributed by atoms with Crippen molar-refractivity contribution in [1.29, 1.82) is 0 Å². The maximum atomic E-state index is 12.7. The fourth-order valence-corrected chi connectivity index (χ4v) is 5.85. The van der Waals surface area contributed by atoms with Crippen molar-refractivity contribution >= 4 is 21.4 Å². The average Bonchev–Trinajstić information content (AvgIpc) is 3.00. The van der Waals surface area contributed by atoms with Crippen molar-refractivity contribution in [2.24, 2.45) is 5.41 Å². The van der Waals surface area contributed by atoms with E-state index in [-0.39, 0.29) is 11.5 Å². The van der Waals surface area contributed by atoms with Crippen LogP contribution in [0.5, 0.6) is 0 Å². The molecule has 3 rings (SSSR count). The Hall–Kier alpha value is -0.430. The van der Waals surface area contributed by atoms with Crippen LogP contribution in [-0.4, -0.2) is 20.5 Å². The quantitative estimate of drug-likeness (QED) is 0.844. The summed E-state index contributed by atoms with van der Waals surface area (Å²) in [5.74, 6) is 0. The van der Waals surface area contributed by atoms with E-state index in [1.54, 1.807) is 6.07 Å². The van der Waals surface area contributed by atoms with Crippen LogP contribution in [-0.2, 0) is 16.6 Å². The van der Waals surface area contributed by atoms with Crippen LogP contribution in [0, 0.1) is 5.41 Å². The first-order chi connectivity index (χ1) is 9.88. The van der Waals surface area contributed by atoms with Crippen LogP contribution in [0.4, 0.5) is 0 Å². The molecule has 0 bridgehead atoms. The predicted molar refractivity (Wildman–Crippen MR) is 85.9 cm³/mol. The van der Waals surface area contributed by atoms with Gasteiger partial charge in [-0.1, -0.05) is 20.3 Å². The van der Waals surface area contributed by atoms with E-state index in [1.165, 1.54) is 24.2 Å². The molecule has 2 aliphatic carbocycles. The van der Waals surface area contributed by atoms with Crippen LogP contribution in [0.15, 0.2) is 16.3 Å². The molecule has 2 aliphatic rings. The number of nitrogens with one attached hydrogen (secondary N) is 2. The lowest BCUT2D eigenvalue weighted by molar-refractivity contribution is 0.313. The first-order valence-electron chi connectivity index (χ1n) is 7.70. The van der Waals surface area contributed by atoms with Crippen LogP contribution in [0.1, 0.15) is 50.8 Å². The minimum absolute atomic E-state index is 0.0478. The normalized spacial score (nSPS) is 25.3. The molecule has 6 heteroatoms. The fourth-order valence-electron chi connectivity index (χ4n) is 3.02. The summed E-state index contributed by atoms with van der Waals surface area (Å²) < 4.78 is 28.3. The highest BCUT2D eigenvalue weighted by Gasteiger charge is 2.37. The Labute approximate surface area is 131 Å². The van der Waals surface area contributed by atoms with E-state index in [4.69, 9.17) is 0 Å². The molecule has 0 aromatic carbocycles. The number of rotatable bonds is 6. The summed E-state index contributed by atoms with van der Waals surface area (Å²) in [6.45, 7) is 4.96. The van der Waals surface area contributed by atoms with Gasteiger partial charge in [-0.25, -0.2) is 13.1 Å². The molecule has 2 saturated carbocycles. The van der Waals surface area contributed by atoms with Crippen molar-refractivity contribution in [3.8, 4) is 0 Å². The zero-order valence-corrected chi connectivity index (χ0v) is 14.3. The van der Waals surface area contributed by atoms with Gasteiger partial charge >= 0.3 is 0 Å². The zero-order chi connectivity index (χ0) is 15.1. The second-order valence-corrected chi connectivity index (χ2v) is 9.60. The Morgan fingerprint density at radius 1 is 1.33 bits per heavy atom. The smallest absolute Gasteiger partial charge is 0.241 e. The standard InChI is InChI=1S/C15H24N2O2S2/c1-15(2)8-3-4-14(15)17-21(18,19)13-7-9-20-12(13)10-16-11-5-6-11/h7,9,11,14,16-17H,3-6,8,10H2,1-2H3. The summed E-state index contributed by atoms with van der Waals surface area (Å²) in [4.78, 5) is 1.38. The van der Waals surface area contributed by atoms with Crippen LogP contribution in [0.25, 0.3) is 0 Å². The van der Waals surface area contributed by atoms with Crippen LogP contribution >= 0.6 is 11.3 Å². The molecule has 0 radical (unpaired) electrons. The molecule has 0 saturated heterocycles. The lowest BCUT2D eigenvalue weighted by Crippen LogP contribution is -2.41. The maximum Gasteiger partial charge on any atom is 0.241 e. The Morgan fingerprint density at radius 3 is 2.71 bits per heavy atom. The minimum Gasteiger partial charge on any atom is -0.309 e. The van der Waals surface area contributed by atoms with Crippen molar-refractivity contribution in [2.45, 2.75) is 69.5 Å². The Bertz CT molecular complexity index is 603. The number of sulfonamides is 1. The monoisotopic (exact) mass is 328 g/mol. The predicted octanol–water partition coefficient (Wildman–Crippen LogP) is 2.86. The highest BCUT2D eigenvalue weighted by Crippen LogP contribution is 2.38. The summed E-state index contributed by atoms with van der Waals surface area (Å²) in [5.41, 5.74) is 0.0511.